The second kappa shape index (κ2) is 7.75. The predicted octanol–water partition coefficient (Wildman–Crippen LogP) is 2.82. The predicted molar refractivity (Wildman–Crippen MR) is 86.5 cm³/mol. The Balaban J connectivity index is 1.91. The van der Waals surface area contributed by atoms with Crippen molar-refractivity contribution in [2.45, 2.75) is 38.7 Å². The monoisotopic (exact) mass is 301 g/mol. The zero-order chi connectivity index (χ0) is 15.9. The van der Waals surface area contributed by atoms with Crippen molar-refractivity contribution in [3.05, 3.63) is 47.8 Å². The number of nitrogens with one attached hydrogen (secondary N) is 1. The van der Waals surface area contributed by atoms with Gasteiger partial charge >= 0.3 is 0 Å². The Morgan fingerprint density at radius 3 is 2.64 bits per heavy atom. The molecule has 5 nitrogen and oxygen atoms in total. The van der Waals surface area contributed by atoms with Crippen molar-refractivity contribution in [3.8, 4) is 0 Å². The van der Waals surface area contributed by atoms with Crippen molar-refractivity contribution in [1.82, 2.24) is 9.78 Å². The molecule has 0 saturated heterocycles. The number of carbonyl (C=O) groups excluding carboxylic acids is 1. The highest BCUT2D eigenvalue weighted by Gasteiger charge is 2.18. The van der Waals surface area contributed by atoms with Crippen molar-refractivity contribution in [3.63, 3.8) is 0 Å². The summed E-state index contributed by atoms with van der Waals surface area (Å²) in [6.07, 6.45) is 6.58. The normalized spacial score (nSPS) is 12.1. The van der Waals surface area contributed by atoms with E-state index in [1.54, 1.807) is 17.9 Å². The first-order valence-electron chi connectivity index (χ1n) is 7.66. The average Bonchev–Trinajstić information content (AvgIpc) is 2.95. The fraction of sp³-hybridized carbons (Fsp3) is 0.412. The molecule has 0 radical (unpaired) electrons. The van der Waals surface area contributed by atoms with Crippen LogP contribution in [0.5, 0.6) is 0 Å². The number of aromatic nitrogens is 2. The van der Waals surface area contributed by atoms with E-state index in [2.05, 4.69) is 17.3 Å². The molecule has 0 aliphatic heterocycles. The van der Waals surface area contributed by atoms with Gasteiger partial charge in [0.1, 0.15) is 0 Å². The van der Waals surface area contributed by atoms with Gasteiger partial charge in [0.05, 0.1) is 6.20 Å². The van der Waals surface area contributed by atoms with Gasteiger partial charge in [-0.25, -0.2) is 0 Å². The van der Waals surface area contributed by atoms with Gasteiger partial charge < -0.3 is 10.4 Å². The number of benzene rings is 1. The van der Waals surface area contributed by atoms with Crippen LogP contribution in [0.3, 0.4) is 0 Å². The number of hydrogen-bond donors (Lipinski definition) is 2. The molecule has 1 aromatic carbocycles. The third-order valence-electron chi connectivity index (χ3n) is 3.58. The van der Waals surface area contributed by atoms with Gasteiger partial charge in [0.15, 0.2) is 6.10 Å². The molecule has 0 spiro atoms. The maximum absolute atomic E-state index is 12.0. The third-order valence-corrected chi connectivity index (χ3v) is 3.58. The number of unbranched alkanes of at least 4 members (excludes halogenated alkanes) is 2. The number of aryl methyl sites for hydroxylation is 2. The fourth-order valence-corrected chi connectivity index (χ4v) is 2.28. The minimum atomic E-state index is -1.21. The van der Waals surface area contributed by atoms with Crippen molar-refractivity contribution in [2.75, 3.05) is 5.32 Å². The first-order valence-corrected chi connectivity index (χ1v) is 7.66. The minimum Gasteiger partial charge on any atom is -0.378 e. The quantitative estimate of drug-likeness (QED) is 0.773. The van der Waals surface area contributed by atoms with Crippen LogP contribution in [0.2, 0.25) is 0 Å². The highest BCUT2D eigenvalue weighted by molar-refractivity contribution is 5.94. The van der Waals surface area contributed by atoms with E-state index in [-0.39, 0.29) is 0 Å². The maximum Gasteiger partial charge on any atom is 0.257 e. The molecule has 0 fully saturated rings. The van der Waals surface area contributed by atoms with Crippen molar-refractivity contribution >= 4 is 11.6 Å². The lowest BCUT2D eigenvalue weighted by molar-refractivity contribution is -0.124. The number of nitrogens with zero attached hydrogens (tertiary/aromatic N) is 2. The van der Waals surface area contributed by atoms with Crippen LogP contribution in [0.4, 0.5) is 5.69 Å². The van der Waals surface area contributed by atoms with Gasteiger partial charge in [-0.15, -0.1) is 0 Å². The third kappa shape index (κ3) is 4.43. The maximum atomic E-state index is 12.0. The molecule has 1 aromatic heterocycles. The summed E-state index contributed by atoms with van der Waals surface area (Å²) in [4.78, 5) is 12.0. The number of anilines is 1. The van der Waals surface area contributed by atoms with Gasteiger partial charge in [-0.1, -0.05) is 31.9 Å². The Labute approximate surface area is 131 Å². The molecule has 2 N–H and O–H groups in total. The molecule has 0 saturated carbocycles. The van der Waals surface area contributed by atoms with Gasteiger partial charge in [0.2, 0.25) is 0 Å². The SMILES string of the molecule is CCCCCc1ccc(NC(=O)[C@H](O)c2cnn(C)c2)cc1. The van der Waals surface area contributed by atoms with Crippen LogP contribution in [0.1, 0.15) is 43.4 Å². The number of hydrogen-bond acceptors (Lipinski definition) is 3. The zero-order valence-corrected chi connectivity index (χ0v) is 13.1. The summed E-state index contributed by atoms with van der Waals surface area (Å²) in [7, 11) is 1.74. The lowest BCUT2D eigenvalue weighted by atomic mass is 10.1. The van der Waals surface area contributed by atoms with Gasteiger partial charge in [0, 0.05) is 24.5 Å². The minimum absolute atomic E-state index is 0.452. The second-order valence-electron chi connectivity index (χ2n) is 5.49. The summed E-state index contributed by atoms with van der Waals surface area (Å²) in [5.74, 6) is -0.452. The molecule has 2 aromatic rings. The van der Waals surface area contributed by atoms with Crippen LogP contribution < -0.4 is 5.32 Å². The molecule has 5 heteroatoms. The summed E-state index contributed by atoms with van der Waals surface area (Å²) in [6.45, 7) is 2.19. The lowest BCUT2D eigenvalue weighted by Gasteiger charge is -2.10. The van der Waals surface area contributed by atoms with Crippen molar-refractivity contribution in [2.24, 2.45) is 7.05 Å². The smallest absolute Gasteiger partial charge is 0.257 e. The Hall–Kier alpha value is -2.14. The molecule has 1 atom stereocenters. The summed E-state index contributed by atoms with van der Waals surface area (Å²) in [5.41, 5.74) is 2.43. The van der Waals surface area contributed by atoms with E-state index < -0.39 is 12.0 Å². The van der Waals surface area contributed by atoms with Gasteiger partial charge in [-0.3, -0.25) is 9.48 Å². The van der Waals surface area contributed by atoms with E-state index >= 15 is 0 Å². The van der Waals surface area contributed by atoms with Crippen molar-refractivity contribution < 1.29 is 9.90 Å². The Morgan fingerprint density at radius 1 is 1.32 bits per heavy atom. The largest absolute Gasteiger partial charge is 0.378 e. The highest BCUT2D eigenvalue weighted by atomic mass is 16.3. The molecule has 2 rings (SSSR count). The van der Waals surface area contributed by atoms with Crippen LogP contribution in [0, 0.1) is 0 Å². The zero-order valence-electron chi connectivity index (χ0n) is 13.1. The Bertz CT molecular complexity index is 605. The van der Waals surface area contributed by atoms with Gasteiger partial charge in [-0.2, -0.15) is 5.10 Å². The number of aliphatic hydroxyl groups excluding tert-OH is 1. The van der Waals surface area contributed by atoms with E-state index in [1.165, 1.54) is 31.0 Å². The molecule has 0 aliphatic rings. The first kappa shape index (κ1) is 16.2. The molecule has 0 unspecified atom stereocenters. The van der Waals surface area contributed by atoms with Crippen molar-refractivity contribution in [1.29, 1.82) is 0 Å². The van der Waals surface area contributed by atoms with E-state index in [9.17, 15) is 9.90 Å². The molecule has 1 amide bonds. The van der Waals surface area contributed by atoms with Crippen LogP contribution in [0.25, 0.3) is 0 Å². The van der Waals surface area contributed by atoms with Gasteiger partial charge in [0.25, 0.3) is 5.91 Å². The van der Waals surface area contributed by atoms with E-state index in [4.69, 9.17) is 0 Å². The van der Waals surface area contributed by atoms with E-state index in [0.717, 1.165) is 6.42 Å². The second-order valence-corrected chi connectivity index (χ2v) is 5.49. The standard InChI is InChI=1S/C17H23N3O2/c1-3-4-5-6-13-7-9-15(10-8-13)19-17(22)16(21)14-11-18-20(2)12-14/h7-12,16,21H,3-6H2,1-2H3,(H,19,22)/t16-/m1/s1. The molecular weight excluding hydrogens is 278 g/mol. The van der Waals surface area contributed by atoms with E-state index in [1.807, 2.05) is 24.3 Å². The molecule has 0 aliphatic carbocycles. The first-order chi connectivity index (χ1) is 10.6. The van der Waals surface area contributed by atoms with Crippen LogP contribution in [-0.2, 0) is 18.3 Å². The number of carbonyl (C=O) groups is 1. The summed E-state index contributed by atoms with van der Waals surface area (Å²) in [6, 6.07) is 7.77. The van der Waals surface area contributed by atoms with Crippen LogP contribution >= 0.6 is 0 Å². The Kier molecular flexibility index (Phi) is 5.72. The molecule has 118 valence electrons. The fourth-order valence-electron chi connectivity index (χ4n) is 2.28. The summed E-state index contributed by atoms with van der Waals surface area (Å²) < 4.78 is 1.55. The lowest BCUT2D eigenvalue weighted by Crippen LogP contribution is -2.20. The topological polar surface area (TPSA) is 67.2 Å². The van der Waals surface area contributed by atoms with Gasteiger partial charge in [-0.05, 0) is 30.5 Å². The molecular formula is C17H23N3O2. The van der Waals surface area contributed by atoms with Crippen LogP contribution in [0.15, 0.2) is 36.7 Å². The average molecular weight is 301 g/mol. The Morgan fingerprint density at radius 2 is 2.05 bits per heavy atom. The molecule has 0 bridgehead atoms. The summed E-state index contributed by atoms with van der Waals surface area (Å²) >= 11 is 0. The van der Waals surface area contributed by atoms with Crippen LogP contribution in [-0.4, -0.2) is 20.8 Å². The molecule has 22 heavy (non-hydrogen) atoms. The number of amides is 1. The number of aliphatic hydroxyl groups is 1. The van der Waals surface area contributed by atoms with E-state index in [0.29, 0.717) is 11.3 Å². The highest BCUT2D eigenvalue weighted by Crippen LogP contribution is 2.16. The number of rotatable bonds is 7. The summed E-state index contributed by atoms with van der Waals surface area (Å²) in [5, 5.41) is 16.7. The molecule has 1 heterocycles.